The topological polar surface area (TPSA) is 102 Å². The number of aliphatic hydroxyl groups excluding tert-OH is 1. The van der Waals surface area contributed by atoms with Crippen LogP contribution in [0.5, 0.6) is 5.75 Å². The number of allylic oxidation sites excluding steroid dienone is 2. The molecule has 2 aromatic rings. The zero-order valence-electron chi connectivity index (χ0n) is 13.5. The van der Waals surface area contributed by atoms with Crippen LogP contribution in [0.25, 0.3) is 0 Å². The fraction of sp³-hybridized carbons (Fsp3) is 0.105. The smallest absolute Gasteiger partial charge is 0.197 e. The molecule has 126 valence electrons. The van der Waals surface area contributed by atoms with E-state index in [0.29, 0.717) is 45.8 Å². The van der Waals surface area contributed by atoms with Crippen LogP contribution in [0.3, 0.4) is 0 Å². The van der Waals surface area contributed by atoms with Crippen molar-refractivity contribution >= 4 is 29.2 Å². The molecule has 1 aliphatic rings. The highest BCUT2D eigenvalue weighted by Crippen LogP contribution is 2.35. The third-order valence-electron chi connectivity index (χ3n) is 3.93. The minimum atomic E-state index is -0.337. The van der Waals surface area contributed by atoms with Crippen LogP contribution in [0, 0.1) is 0 Å². The summed E-state index contributed by atoms with van der Waals surface area (Å²) in [5.74, 6) is 0.0585. The quantitative estimate of drug-likeness (QED) is 0.506. The number of anilines is 1. The lowest BCUT2D eigenvalue weighted by molar-refractivity contribution is -0.104. The minimum Gasteiger partial charge on any atom is -0.494 e. The maximum atomic E-state index is 12.3. The molecule has 0 aliphatic heterocycles. The number of carbonyl (C=O) groups excluding carboxylic acids is 2. The predicted octanol–water partition coefficient (Wildman–Crippen LogP) is 2.21. The fourth-order valence-electron chi connectivity index (χ4n) is 2.74. The van der Waals surface area contributed by atoms with Gasteiger partial charge in [-0.3, -0.25) is 9.59 Å². The van der Waals surface area contributed by atoms with Crippen molar-refractivity contribution < 1.29 is 19.4 Å². The number of nitrogen functional groups attached to an aromatic ring is 1. The van der Waals surface area contributed by atoms with E-state index in [1.807, 2.05) is 0 Å². The van der Waals surface area contributed by atoms with Gasteiger partial charge in [0.1, 0.15) is 11.4 Å². The summed E-state index contributed by atoms with van der Waals surface area (Å²) in [4.78, 5) is 28.1. The summed E-state index contributed by atoms with van der Waals surface area (Å²) >= 11 is 0. The van der Waals surface area contributed by atoms with Gasteiger partial charge in [0.15, 0.2) is 12.1 Å². The maximum Gasteiger partial charge on any atom is 0.197 e. The van der Waals surface area contributed by atoms with Gasteiger partial charge in [-0.15, -0.1) is 0 Å². The van der Waals surface area contributed by atoms with Crippen LogP contribution in [0.2, 0.25) is 0 Å². The number of methoxy groups -OCH3 is 1. The fourth-order valence-corrected chi connectivity index (χ4v) is 2.74. The van der Waals surface area contributed by atoms with Gasteiger partial charge in [-0.2, -0.15) is 0 Å². The number of ether oxygens (including phenoxy) is 1. The van der Waals surface area contributed by atoms with Gasteiger partial charge in [-0.1, -0.05) is 24.3 Å². The molecule has 1 aliphatic carbocycles. The molecule has 0 unspecified atom stereocenters. The number of ketones is 1. The Kier molecular flexibility index (Phi) is 4.45. The molecule has 0 bridgehead atoms. The summed E-state index contributed by atoms with van der Waals surface area (Å²) in [6, 6.07) is 10.1. The molecule has 0 fully saturated rings. The van der Waals surface area contributed by atoms with Crippen molar-refractivity contribution in [1.82, 2.24) is 0 Å². The molecule has 3 rings (SSSR count). The second-order valence-electron chi connectivity index (χ2n) is 5.48. The van der Waals surface area contributed by atoms with Crippen LogP contribution in [-0.2, 0) is 11.4 Å². The average Bonchev–Trinajstić information content (AvgIpc) is 2.64. The number of fused-ring (bicyclic) bond motifs is 1. The Morgan fingerprint density at radius 2 is 1.96 bits per heavy atom. The molecule has 0 saturated carbocycles. The largest absolute Gasteiger partial charge is 0.494 e. The lowest BCUT2D eigenvalue weighted by Gasteiger charge is -2.16. The van der Waals surface area contributed by atoms with E-state index in [1.54, 1.807) is 36.4 Å². The molecule has 0 radical (unpaired) electrons. The highest BCUT2D eigenvalue weighted by atomic mass is 16.5. The zero-order valence-corrected chi connectivity index (χ0v) is 13.5. The lowest BCUT2D eigenvalue weighted by Crippen LogP contribution is -2.18. The average molecular weight is 336 g/mol. The Labute approximate surface area is 144 Å². The Morgan fingerprint density at radius 1 is 1.24 bits per heavy atom. The summed E-state index contributed by atoms with van der Waals surface area (Å²) in [6.07, 6.45) is 1.95. The number of aldehydes is 1. The van der Waals surface area contributed by atoms with Gasteiger partial charge in [-0.05, 0) is 12.1 Å². The number of Topliss-reactive ketones (excluding diaryl/α,β-unsaturated/α-hetero) is 1. The van der Waals surface area contributed by atoms with Crippen LogP contribution in [0.15, 0.2) is 53.0 Å². The Balaban J connectivity index is 2.27. The molecule has 2 aromatic carbocycles. The second kappa shape index (κ2) is 6.70. The molecule has 0 amide bonds. The van der Waals surface area contributed by atoms with Crippen LogP contribution >= 0.6 is 0 Å². The van der Waals surface area contributed by atoms with Crippen molar-refractivity contribution in [3.63, 3.8) is 0 Å². The molecule has 0 atom stereocenters. The summed E-state index contributed by atoms with van der Waals surface area (Å²) in [5, 5.41) is 9.62. The highest BCUT2D eigenvalue weighted by Gasteiger charge is 2.24. The van der Waals surface area contributed by atoms with Crippen molar-refractivity contribution in [2.75, 3.05) is 12.8 Å². The SMILES string of the molecule is COc1cc(N)cc(CO)c1/N=C1\C=C(C=O)C(=O)c2ccccc21. The predicted molar refractivity (Wildman–Crippen MR) is 94.4 cm³/mol. The molecule has 0 spiro atoms. The first kappa shape index (κ1) is 16.6. The third kappa shape index (κ3) is 2.95. The van der Waals surface area contributed by atoms with E-state index < -0.39 is 0 Å². The summed E-state index contributed by atoms with van der Waals surface area (Å²) in [5.41, 5.74) is 8.62. The molecular weight excluding hydrogens is 320 g/mol. The van der Waals surface area contributed by atoms with Crippen LogP contribution < -0.4 is 10.5 Å². The molecule has 6 nitrogen and oxygen atoms in total. The lowest BCUT2D eigenvalue weighted by atomic mass is 9.89. The van der Waals surface area contributed by atoms with E-state index in [4.69, 9.17) is 10.5 Å². The van der Waals surface area contributed by atoms with Gasteiger partial charge in [0, 0.05) is 28.4 Å². The third-order valence-corrected chi connectivity index (χ3v) is 3.93. The van der Waals surface area contributed by atoms with E-state index in [0.717, 1.165) is 0 Å². The zero-order chi connectivity index (χ0) is 18.0. The highest BCUT2D eigenvalue weighted by molar-refractivity contribution is 6.32. The summed E-state index contributed by atoms with van der Waals surface area (Å²) in [7, 11) is 1.48. The van der Waals surface area contributed by atoms with Gasteiger partial charge in [0.25, 0.3) is 0 Å². The van der Waals surface area contributed by atoms with E-state index in [-0.39, 0.29) is 18.0 Å². The maximum absolute atomic E-state index is 12.3. The first-order valence-electron chi connectivity index (χ1n) is 7.56. The number of rotatable bonds is 4. The summed E-state index contributed by atoms with van der Waals surface area (Å²) < 4.78 is 5.32. The van der Waals surface area contributed by atoms with Crippen molar-refractivity contribution in [3.05, 3.63) is 64.7 Å². The van der Waals surface area contributed by atoms with Crippen molar-refractivity contribution in [2.24, 2.45) is 4.99 Å². The van der Waals surface area contributed by atoms with Gasteiger partial charge in [-0.25, -0.2) is 4.99 Å². The number of aliphatic hydroxyl groups is 1. The van der Waals surface area contributed by atoms with Crippen LogP contribution in [-0.4, -0.2) is 30.0 Å². The second-order valence-corrected chi connectivity index (χ2v) is 5.48. The number of nitrogens with two attached hydrogens (primary N) is 1. The van der Waals surface area contributed by atoms with Crippen LogP contribution in [0.4, 0.5) is 11.4 Å². The molecule has 25 heavy (non-hydrogen) atoms. The summed E-state index contributed by atoms with van der Waals surface area (Å²) in [6.45, 7) is -0.279. The molecule has 0 heterocycles. The minimum absolute atomic E-state index is 0.0254. The first-order valence-corrected chi connectivity index (χ1v) is 7.56. The Morgan fingerprint density at radius 3 is 2.60 bits per heavy atom. The molecule has 6 heteroatoms. The molecular formula is C19H16N2O4. The molecule has 0 aromatic heterocycles. The van der Waals surface area contributed by atoms with Gasteiger partial charge >= 0.3 is 0 Å². The van der Waals surface area contributed by atoms with Crippen molar-refractivity contribution in [3.8, 4) is 5.75 Å². The number of aliphatic imine (C=N–C) groups is 1. The van der Waals surface area contributed by atoms with Crippen molar-refractivity contribution in [1.29, 1.82) is 0 Å². The molecule has 3 N–H and O–H groups in total. The number of hydrogen-bond donors (Lipinski definition) is 2. The normalized spacial score (nSPS) is 14.9. The van der Waals surface area contributed by atoms with E-state index in [2.05, 4.69) is 4.99 Å². The van der Waals surface area contributed by atoms with E-state index >= 15 is 0 Å². The van der Waals surface area contributed by atoms with E-state index in [9.17, 15) is 14.7 Å². The van der Waals surface area contributed by atoms with Crippen molar-refractivity contribution in [2.45, 2.75) is 6.61 Å². The first-order chi connectivity index (χ1) is 12.1. The standard InChI is InChI=1S/C19H16N2O4/c1-25-17-8-13(20)6-11(9-22)18(17)21-16-7-12(10-23)19(24)15-5-3-2-4-14(15)16/h2-8,10,22H,9,20H2,1H3/b21-16+. The van der Waals surface area contributed by atoms with Gasteiger partial charge in [0.05, 0.1) is 25.0 Å². The monoisotopic (exact) mass is 336 g/mol. The number of nitrogens with zero attached hydrogens (tertiary/aromatic N) is 1. The van der Waals surface area contributed by atoms with Gasteiger partial charge in [0.2, 0.25) is 0 Å². The van der Waals surface area contributed by atoms with Crippen LogP contribution in [0.1, 0.15) is 21.5 Å². The Hall–Kier alpha value is -3.25. The number of hydrogen-bond acceptors (Lipinski definition) is 6. The van der Waals surface area contributed by atoms with E-state index in [1.165, 1.54) is 13.2 Å². The number of carbonyl (C=O) groups is 2. The van der Waals surface area contributed by atoms with Gasteiger partial charge < -0.3 is 15.6 Å². The molecule has 0 saturated heterocycles. The number of benzene rings is 2. The Bertz CT molecular complexity index is 904.